The second kappa shape index (κ2) is 5.98. The number of nitrogens with one attached hydrogen (secondary N) is 1. The minimum Gasteiger partial charge on any atom is -0.344 e. The quantitative estimate of drug-likeness (QED) is 0.609. The van der Waals surface area contributed by atoms with Crippen molar-refractivity contribution in [2.45, 2.75) is 19.9 Å². The van der Waals surface area contributed by atoms with Crippen LogP contribution in [-0.4, -0.2) is 27.3 Å². The van der Waals surface area contributed by atoms with Crippen molar-refractivity contribution in [2.75, 3.05) is 12.8 Å². The van der Waals surface area contributed by atoms with E-state index in [4.69, 9.17) is 4.89 Å². The summed E-state index contributed by atoms with van der Waals surface area (Å²) in [6, 6.07) is 0. The molecule has 1 unspecified atom stereocenters. The largest absolute Gasteiger partial charge is 0.344 e. The Hall–Kier alpha value is -1.39. The van der Waals surface area contributed by atoms with E-state index in [1.54, 1.807) is 19.1 Å². The lowest BCUT2D eigenvalue weighted by atomic mass is 10.3. The number of aromatic amines is 1. The lowest BCUT2D eigenvalue weighted by Gasteiger charge is -2.03. The Bertz CT molecular complexity index is 594. The molecule has 0 aliphatic rings. The Morgan fingerprint density at radius 2 is 2.11 bits per heavy atom. The molecule has 1 rings (SSSR count). The van der Waals surface area contributed by atoms with Crippen LogP contribution in [-0.2, 0) is 11.1 Å². The number of aromatic nitrogens is 2. The van der Waals surface area contributed by atoms with Gasteiger partial charge >= 0.3 is 5.69 Å². The van der Waals surface area contributed by atoms with Gasteiger partial charge in [-0.25, -0.2) is 4.79 Å². The summed E-state index contributed by atoms with van der Waals surface area (Å²) in [7, 11) is -2.97. The highest BCUT2D eigenvalue weighted by Gasteiger charge is 2.06. The zero-order valence-electron chi connectivity index (χ0n) is 10.4. The smallest absolute Gasteiger partial charge is 0.328 e. The van der Waals surface area contributed by atoms with Crippen molar-refractivity contribution in [3.63, 3.8) is 0 Å². The highest BCUT2D eigenvalue weighted by molar-refractivity contribution is 7.57. The van der Waals surface area contributed by atoms with E-state index in [0.717, 1.165) is 0 Å². The average molecular weight is 272 g/mol. The van der Waals surface area contributed by atoms with E-state index >= 15 is 0 Å². The molecular formula is C11H17N2O4P. The van der Waals surface area contributed by atoms with Gasteiger partial charge in [-0.1, -0.05) is 12.2 Å². The molecule has 100 valence electrons. The standard InChI is InChI=1S/C11H17N2O4P/c1-9-8-13(11(15)12-10(9)14)6-4-3-5-7-18(2,16)17/h3-4,8H,5-7H2,1-2H3,(H,16,17)(H,12,14,15)/b4-3-. The van der Waals surface area contributed by atoms with Crippen LogP contribution in [0, 0.1) is 6.92 Å². The number of nitrogens with zero attached hydrogens (tertiary/aromatic N) is 1. The molecule has 1 heterocycles. The number of H-pyrrole nitrogens is 1. The summed E-state index contributed by atoms with van der Waals surface area (Å²) in [4.78, 5) is 33.8. The molecule has 1 atom stereocenters. The zero-order valence-corrected chi connectivity index (χ0v) is 11.3. The summed E-state index contributed by atoms with van der Waals surface area (Å²) in [6.07, 6.45) is 5.68. The van der Waals surface area contributed by atoms with Crippen LogP contribution >= 0.6 is 7.37 Å². The SMILES string of the molecule is Cc1cn(C/C=C\CCP(C)(=O)O)c(=O)[nH]c1=O. The van der Waals surface area contributed by atoms with Crippen LogP contribution in [0.15, 0.2) is 27.9 Å². The van der Waals surface area contributed by atoms with Crippen LogP contribution in [0.25, 0.3) is 0 Å². The molecule has 0 fully saturated rings. The third-order valence-corrected chi connectivity index (χ3v) is 3.46. The van der Waals surface area contributed by atoms with Crippen molar-refractivity contribution in [1.82, 2.24) is 9.55 Å². The van der Waals surface area contributed by atoms with Crippen molar-refractivity contribution in [1.29, 1.82) is 0 Å². The molecule has 0 saturated heterocycles. The van der Waals surface area contributed by atoms with Gasteiger partial charge in [-0.15, -0.1) is 0 Å². The van der Waals surface area contributed by atoms with Crippen molar-refractivity contribution in [3.8, 4) is 0 Å². The second-order valence-electron chi connectivity index (χ2n) is 4.26. The van der Waals surface area contributed by atoms with Crippen LogP contribution in [0.5, 0.6) is 0 Å². The van der Waals surface area contributed by atoms with E-state index in [-0.39, 0.29) is 11.7 Å². The lowest BCUT2D eigenvalue weighted by Crippen LogP contribution is -2.30. The van der Waals surface area contributed by atoms with Crippen molar-refractivity contribution in [3.05, 3.63) is 44.8 Å². The predicted octanol–water partition coefficient (Wildman–Crippen LogP) is 0.692. The maximum absolute atomic E-state index is 11.4. The Balaban J connectivity index is 2.62. The molecule has 1 aromatic rings. The lowest BCUT2D eigenvalue weighted by molar-refractivity contribution is 0.485. The van der Waals surface area contributed by atoms with Crippen LogP contribution in [0.4, 0.5) is 0 Å². The third kappa shape index (κ3) is 4.85. The molecular weight excluding hydrogens is 255 g/mol. The van der Waals surface area contributed by atoms with Gasteiger partial charge in [0.25, 0.3) is 5.56 Å². The Labute approximate surface area is 104 Å². The molecule has 0 aliphatic heterocycles. The molecule has 0 aliphatic carbocycles. The first kappa shape index (κ1) is 14.7. The molecule has 0 spiro atoms. The van der Waals surface area contributed by atoms with Crippen molar-refractivity contribution < 1.29 is 9.46 Å². The van der Waals surface area contributed by atoms with E-state index < -0.39 is 13.1 Å². The fourth-order valence-corrected chi connectivity index (χ4v) is 2.00. The summed E-state index contributed by atoms with van der Waals surface area (Å²) in [5.41, 5.74) is -0.373. The van der Waals surface area contributed by atoms with E-state index in [9.17, 15) is 14.2 Å². The molecule has 7 heteroatoms. The van der Waals surface area contributed by atoms with Gasteiger partial charge < -0.3 is 4.89 Å². The van der Waals surface area contributed by atoms with Gasteiger partial charge in [0.15, 0.2) is 7.37 Å². The first-order valence-corrected chi connectivity index (χ1v) is 7.83. The van der Waals surface area contributed by atoms with Crippen LogP contribution in [0.1, 0.15) is 12.0 Å². The molecule has 0 radical (unpaired) electrons. The summed E-state index contributed by atoms with van der Waals surface area (Å²) in [6.45, 7) is 3.27. The number of rotatable bonds is 5. The van der Waals surface area contributed by atoms with Gasteiger partial charge in [0, 0.05) is 31.1 Å². The van der Waals surface area contributed by atoms with Crippen molar-refractivity contribution in [2.24, 2.45) is 0 Å². The maximum Gasteiger partial charge on any atom is 0.328 e. The highest BCUT2D eigenvalue weighted by Crippen LogP contribution is 2.35. The molecule has 0 amide bonds. The third-order valence-electron chi connectivity index (χ3n) is 2.37. The normalized spacial score (nSPS) is 14.8. The first-order valence-electron chi connectivity index (χ1n) is 5.54. The van der Waals surface area contributed by atoms with Gasteiger partial charge in [-0.3, -0.25) is 18.9 Å². The zero-order chi connectivity index (χ0) is 13.8. The Kier molecular flexibility index (Phi) is 4.87. The minimum atomic E-state index is -2.97. The summed E-state index contributed by atoms with van der Waals surface area (Å²) in [5.74, 6) is 0. The van der Waals surface area contributed by atoms with E-state index in [1.807, 2.05) is 0 Å². The molecule has 0 aromatic carbocycles. The van der Waals surface area contributed by atoms with Gasteiger partial charge in [-0.05, 0) is 13.3 Å². The van der Waals surface area contributed by atoms with Crippen molar-refractivity contribution >= 4 is 7.37 Å². The summed E-state index contributed by atoms with van der Waals surface area (Å²) >= 11 is 0. The number of allylic oxidation sites excluding steroid dienone is 2. The van der Waals surface area contributed by atoms with Gasteiger partial charge in [0.1, 0.15) is 0 Å². The van der Waals surface area contributed by atoms with Crippen LogP contribution in [0.3, 0.4) is 0 Å². The number of hydrogen-bond acceptors (Lipinski definition) is 3. The topological polar surface area (TPSA) is 92.2 Å². The maximum atomic E-state index is 11.4. The molecule has 0 saturated carbocycles. The average Bonchev–Trinajstić information content (AvgIpc) is 2.23. The fourth-order valence-electron chi connectivity index (χ4n) is 1.37. The van der Waals surface area contributed by atoms with Gasteiger partial charge in [0.05, 0.1) is 0 Å². The van der Waals surface area contributed by atoms with E-state index in [0.29, 0.717) is 18.5 Å². The highest BCUT2D eigenvalue weighted by atomic mass is 31.2. The summed E-state index contributed by atoms with van der Waals surface area (Å²) < 4.78 is 12.4. The van der Waals surface area contributed by atoms with Gasteiger partial charge in [0.2, 0.25) is 0 Å². The minimum absolute atomic E-state index is 0.225. The van der Waals surface area contributed by atoms with Crippen LogP contribution < -0.4 is 11.2 Å². The van der Waals surface area contributed by atoms with Gasteiger partial charge in [-0.2, -0.15) is 0 Å². The summed E-state index contributed by atoms with van der Waals surface area (Å²) in [5, 5.41) is 0. The monoisotopic (exact) mass is 272 g/mol. The molecule has 6 nitrogen and oxygen atoms in total. The second-order valence-corrected chi connectivity index (χ2v) is 6.81. The van der Waals surface area contributed by atoms with E-state index in [2.05, 4.69) is 4.98 Å². The van der Waals surface area contributed by atoms with Crippen LogP contribution in [0.2, 0.25) is 0 Å². The Morgan fingerprint density at radius 1 is 1.44 bits per heavy atom. The Morgan fingerprint density at radius 3 is 2.72 bits per heavy atom. The molecule has 0 bridgehead atoms. The van der Waals surface area contributed by atoms with E-state index in [1.165, 1.54) is 17.4 Å². The number of aryl methyl sites for hydroxylation is 1. The first-order chi connectivity index (χ1) is 8.29. The fraction of sp³-hybridized carbons (Fsp3) is 0.455. The predicted molar refractivity (Wildman–Crippen MR) is 70.4 cm³/mol. The molecule has 2 N–H and O–H groups in total. The molecule has 18 heavy (non-hydrogen) atoms. The molecule has 1 aromatic heterocycles. The number of hydrogen-bond donors (Lipinski definition) is 2.